The van der Waals surface area contributed by atoms with E-state index in [-0.39, 0.29) is 16.0 Å². The molecule has 214 valence electrons. The highest BCUT2D eigenvalue weighted by atomic mass is 32.2. The predicted octanol–water partition coefficient (Wildman–Crippen LogP) is 0.736. The summed E-state index contributed by atoms with van der Waals surface area (Å²) in [4.78, 5) is 48.4. The number of carbonyl (C=O) groups is 3. The number of sulfonamides is 1. The van der Waals surface area contributed by atoms with Gasteiger partial charge in [-0.15, -0.1) is 0 Å². The molecule has 16 heteroatoms. The van der Waals surface area contributed by atoms with E-state index in [2.05, 4.69) is 10.1 Å². The molecule has 4 N–H and O–H groups in total. The average Bonchev–Trinajstić information content (AvgIpc) is 2.90. The number of nitrogens with two attached hydrogens (primary N) is 1. The number of aromatic nitrogens is 1. The summed E-state index contributed by atoms with van der Waals surface area (Å²) in [6.45, 7) is -0.224. The molecule has 0 radical (unpaired) electrons. The molecule has 0 saturated heterocycles. The van der Waals surface area contributed by atoms with Crippen LogP contribution in [0.1, 0.15) is 16.8 Å². The van der Waals surface area contributed by atoms with E-state index in [0.29, 0.717) is 25.3 Å². The van der Waals surface area contributed by atoms with Crippen LogP contribution in [0.15, 0.2) is 70.5 Å². The van der Waals surface area contributed by atoms with Crippen LogP contribution in [0.25, 0.3) is 5.52 Å². The van der Waals surface area contributed by atoms with Crippen LogP contribution in [0.5, 0.6) is 5.75 Å². The first-order valence-corrected chi connectivity index (χ1v) is 13.0. The summed E-state index contributed by atoms with van der Waals surface area (Å²) in [5.74, 6) is -5.38. The van der Waals surface area contributed by atoms with E-state index < -0.39 is 52.2 Å². The van der Waals surface area contributed by atoms with E-state index in [1.54, 1.807) is 0 Å². The lowest BCUT2D eigenvalue weighted by Gasteiger charge is -2.18. The second-order valence-electron chi connectivity index (χ2n) is 8.13. The van der Waals surface area contributed by atoms with Crippen molar-refractivity contribution >= 4 is 33.4 Å². The second-order valence-corrected chi connectivity index (χ2v) is 9.85. The highest BCUT2D eigenvalue weighted by Gasteiger charge is 2.44. The molecule has 0 aliphatic rings. The number of rotatable bonds is 11. The zero-order valence-electron chi connectivity index (χ0n) is 20.5. The zero-order valence-corrected chi connectivity index (χ0v) is 21.3. The number of hydrogen-bond donors (Lipinski definition) is 3. The smallest absolute Gasteiger partial charge is 0.491 e. The van der Waals surface area contributed by atoms with E-state index in [4.69, 9.17) is 10.5 Å². The molecular weight excluding hydrogens is 561 g/mol. The van der Waals surface area contributed by atoms with Crippen LogP contribution < -0.4 is 26.1 Å². The van der Waals surface area contributed by atoms with Crippen LogP contribution in [0, 0.1) is 0 Å². The number of benzene rings is 1. The van der Waals surface area contributed by atoms with Gasteiger partial charge in [-0.1, -0.05) is 18.2 Å². The van der Waals surface area contributed by atoms with Gasteiger partial charge in [0.05, 0.1) is 17.0 Å². The number of hydrogen-bond acceptors (Lipinski definition) is 9. The lowest BCUT2D eigenvalue weighted by Crippen LogP contribution is -2.50. The molecule has 0 aliphatic heterocycles. The Morgan fingerprint density at radius 3 is 2.40 bits per heavy atom. The fraction of sp³-hybridized carbons (Fsp3) is 0.250. The van der Waals surface area contributed by atoms with Crippen molar-refractivity contribution in [3.8, 4) is 5.75 Å². The average molecular weight is 585 g/mol. The van der Waals surface area contributed by atoms with Crippen LogP contribution in [0.2, 0.25) is 0 Å². The fourth-order valence-corrected chi connectivity index (χ4v) is 4.46. The highest BCUT2D eigenvalue weighted by molar-refractivity contribution is 7.89. The van der Waals surface area contributed by atoms with Gasteiger partial charge in [0, 0.05) is 30.4 Å². The van der Waals surface area contributed by atoms with Gasteiger partial charge in [0.2, 0.25) is 10.0 Å². The first-order chi connectivity index (χ1) is 18.8. The largest absolute Gasteiger partial charge is 0.493 e. The molecule has 1 aromatic carbocycles. The third kappa shape index (κ3) is 7.87. The fourth-order valence-electron chi connectivity index (χ4n) is 3.25. The maximum atomic E-state index is 12.8. The van der Waals surface area contributed by atoms with Gasteiger partial charge in [-0.05, 0) is 37.2 Å². The van der Waals surface area contributed by atoms with Gasteiger partial charge in [-0.3, -0.25) is 14.0 Å². The summed E-state index contributed by atoms with van der Waals surface area (Å²) in [7, 11) is -4.51. The zero-order chi connectivity index (χ0) is 29.5. The van der Waals surface area contributed by atoms with Gasteiger partial charge in [-0.2, -0.15) is 17.9 Å². The number of pyridine rings is 2. The molecule has 3 rings (SSSR count). The molecule has 0 aliphatic carbocycles. The van der Waals surface area contributed by atoms with Crippen molar-refractivity contribution in [2.75, 3.05) is 19.7 Å². The maximum Gasteiger partial charge on any atom is 0.491 e. The van der Waals surface area contributed by atoms with E-state index in [1.807, 2.05) is 4.72 Å². The Bertz CT molecular complexity index is 1560. The van der Waals surface area contributed by atoms with Gasteiger partial charge in [0.25, 0.3) is 11.5 Å². The predicted molar refractivity (Wildman–Crippen MR) is 133 cm³/mol. The summed E-state index contributed by atoms with van der Waals surface area (Å²) in [5.41, 5.74) is 4.84. The Morgan fingerprint density at radius 2 is 1.75 bits per heavy atom. The van der Waals surface area contributed by atoms with Gasteiger partial charge in [0.1, 0.15) is 11.8 Å². The lowest BCUT2D eigenvalue weighted by atomic mass is 10.2. The second kappa shape index (κ2) is 12.7. The minimum Gasteiger partial charge on any atom is -0.493 e. The highest BCUT2D eigenvalue weighted by Crippen LogP contribution is 2.18. The van der Waals surface area contributed by atoms with Gasteiger partial charge in [0.15, 0.2) is 0 Å². The molecule has 0 saturated carbocycles. The molecule has 2 aromatic heterocycles. The Morgan fingerprint density at radius 1 is 1.05 bits per heavy atom. The van der Waals surface area contributed by atoms with Crippen molar-refractivity contribution in [3.63, 3.8) is 0 Å². The summed E-state index contributed by atoms with van der Waals surface area (Å²) in [5, 5.41) is 2.16. The van der Waals surface area contributed by atoms with Gasteiger partial charge in [-0.25, -0.2) is 18.0 Å². The Balaban J connectivity index is 1.83. The Hall–Kier alpha value is -4.28. The standard InChI is InChI=1S/C24H23F3N4O8S/c25-24(26,27)23(35)39-22(34)19(30-40(36,37)18-5-2-1-3-6-18)14-29-21(33)15-11-16-13-17(38-10-4-8-28)7-9-31(16)20(32)12-15/h1-3,5-7,9,11-13,19,30H,4,8,10,14,28H2,(H,29,33). The molecule has 1 unspecified atom stereocenters. The van der Waals surface area contributed by atoms with Crippen LogP contribution >= 0.6 is 0 Å². The number of fused-ring (bicyclic) bond motifs is 1. The van der Waals surface area contributed by atoms with Gasteiger partial charge < -0.3 is 20.5 Å². The molecular formula is C24H23F3N4O8S. The third-order valence-corrected chi connectivity index (χ3v) is 6.67. The number of nitrogens with zero attached hydrogens (tertiary/aromatic N) is 1. The number of esters is 2. The van der Waals surface area contributed by atoms with Gasteiger partial charge >= 0.3 is 18.1 Å². The van der Waals surface area contributed by atoms with Crippen LogP contribution in [0.3, 0.4) is 0 Å². The molecule has 1 atom stereocenters. The molecule has 2 heterocycles. The number of halogens is 3. The Labute approximate surface area is 224 Å². The van der Waals surface area contributed by atoms with Crippen molar-refractivity contribution in [1.82, 2.24) is 14.4 Å². The topological polar surface area (TPSA) is 175 Å². The van der Waals surface area contributed by atoms with Crippen molar-refractivity contribution in [3.05, 3.63) is 76.7 Å². The van der Waals surface area contributed by atoms with E-state index in [0.717, 1.165) is 18.2 Å². The van der Waals surface area contributed by atoms with Crippen molar-refractivity contribution in [2.24, 2.45) is 5.73 Å². The lowest BCUT2D eigenvalue weighted by molar-refractivity contribution is -0.202. The molecule has 0 fully saturated rings. The summed E-state index contributed by atoms with van der Waals surface area (Å²) in [6, 6.07) is 9.58. The third-order valence-electron chi connectivity index (χ3n) is 5.18. The summed E-state index contributed by atoms with van der Waals surface area (Å²) < 4.78 is 75.5. The van der Waals surface area contributed by atoms with E-state index >= 15 is 0 Å². The van der Waals surface area contributed by atoms with E-state index in [9.17, 15) is 40.8 Å². The summed E-state index contributed by atoms with van der Waals surface area (Å²) >= 11 is 0. The molecule has 12 nitrogen and oxygen atoms in total. The minimum absolute atomic E-state index is 0.214. The monoisotopic (exact) mass is 584 g/mol. The number of carbonyl (C=O) groups excluding carboxylic acids is 3. The van der Waals surface area contributed by atoms with E-state index in [1.165, 1.54) is 47.0 Å². The first kappa shape index (κ1) is 30.3. The summed E-state index contributed by atoms with van der Waals surface area (Å²) in [6.07, 6.45) is -3.55. The quantitative estimate of drug-likeness (QED) is 0.167. The molecule has 3 aromatic rings. The Kier molecular flexibility index (Phi) is 9.62. The molecule has 0 bridgehead atoms. The van der Waals surface area contributed by atoms with Crippen LogP contribution in [0.4, 0.5) is 13.2 Å². The normalized spacial score (nSPS) is 12.5. The van der Waals surface area contributed by atoms with Crippen molar-refractivity contribution in [2.45, 2.75) is 23.5 Å². The van der Waals surface area contributed by atoms with Crippen molar-refractivity contribution in [1.29, 1.82) is 0 Å². The number of nitrogens with one attached hydrogen (secondary N) is 2. The number of ether oxygens (including phenoxy) is 2. The minimum atomic E-state index is -5.54. The number of alkyl halides is 3. The van der Waals surface area contributed by atoms with Crippen molar-refractivity contribution < 1.29 is 45.4 Å². The maximum absolute atomic E-state index is 12.8. The molecule has 0 spiro atoms. The molecule has 1 amide bonds. The van der Waals surface area contributed by atoms with Crippen LogP contribution in [-0.2, 0) is 24.3 Å². The first-order valence-electron chi connectivity index (χ1n) is 11.5. The SMILES string of the molecule is NCCCOc1ccn2c(=O)cc(C(=O)NCC(NS(=O)(=O)c3ccccc3)C(=O)OC(=O)C(F)(F)F)cc2c1. The molecule has 40 heavy (non-hydrogen) atoms. The number of amides is 1. The van der Waals surface area contributed by atoms with Crippen LogP contribution in [-0.4, -0.2) is 62.6 Å².